The first-order chi connectivity index (χ1) is 9.65. The predicted octanol–water partition coefficient (Wildman–Crippen LogP) is 4.58. The van der Waals surface area contributed by atoms with E-state index in [0.29, 0.717) is 12.5 Å². The second kappa shape index (κ2) is 6.60. The van der Waals surface area contributed by atoms with Crippen molar-refractivity contribution in [1.29, 1.82) is 0 Å². The summed E-state index contributed by atoms with van der Waals surface area (Å²) in [4.78, 5) is 4.77. The summed E-state index contributed by atoms with van der Waals surface area (Å²) in [6, 6.07) is 8.31. The van der Waals surface area contributed by atoms with E-state index < -0.39 is 0 Å². The number of nitrogens with one attached hydrogen (secondary N) is 1. The molecular formula is C17H24N2O. The van der Waals surface area contributed by atoms with E-state index >= 15 is 0 Å². The van der Waals surface area contributed by atoms with Crippen LogP contribution in [0.15, 0.2) is 24.3 Å². The Hall–Kier alpha value is -1.77. The summed E-state index contributed by atoms with van der Waals surface area (Å²) in [6.07, 6.45) is 1.10. The third-order valence-corrected chi connectivity index (χ3v) is 3.29. The number of anilines is 1. The van der Waals surface area contributed by atoms with Crippen molar-refractivity contribution >= 4 is 16.7 Å². The number of ether oxygens (including phenoxy) is 1. The molecule has 1 N–H and O–H groups in total. The number of pyridine rings is 1. The van der Waals surface area contributed by atoms with E-state index in [1.165, 1.54) is 5.56 Å². The minimum atomic E-state index is 0.446. The third kappa shape index (κ3) is 3.21. The van der Waals surface area contributed by atoms with Gasteiger partial charge in [-0.3, -0.25) is 0 Å². The first-order valence-electron chi connectivity index (χ1n) is 7.47. The Morgan fingerprint density at radius 3 is 2.65 bits per heavy atom. The van der Waals surface area contributed by atoms with E-state index in [-0.39, 0.29) is 0 Å². The van der Waals surface area contributed by atoms with Gasteiger partial charge in [-0.15, -0.1) is 0 Å². The molecule has 0 spiro atoms. The van der Waals surface area contributed by atoms with Crippen LogP contribution in [-0.4, -0.2) is 18.1 Å². The van der Waals surface area contributed by atoms with E-state index in [2.05, 4.69) is 38.2 Å². The van der Waals surface area contributed by atoms with Crippen molar-refractivity contribution in [3.63, 3.8) is 0 Å². The molecule has 0 bridgehead atoms. The van der Waals surface area contributed by atoms with E-state index in [0.717, 1.165) is 35.4 Å². The average molecular weight is 272 g/mol. The fourth-order valence-corrected chi connectivity index (χ4v) is 2.25. The number of nitrogens with zero attached hydrogens (tertiary/aromatic N) is 1. The summed E-state index contributed by atoms with van der Waals surface area (Å²) in [5.74, 6) is 2.37. The van der Waals surface area contributed by atoms with E-state index in [1.54, 1.807) is 0 Å². The van der Waals surface area contributed by atoms with Gasteiger partial charge in [0.15, 0.2) is 0 Å². The van der Waals surface area contributed by atoms with Gasteiger partial charge < -0.3 is 10.1 Å². The van der Waals surface area contributed by atoms with E-state index in [4.69, 9.17) is 9.72 Å². The van der Waals surface area contributed by atoms with Gasteiger partial charge in [-0.2, -0.15) is 0 Å². The molecule has 108 valence electrons. The van der Waals surface area contributed by atoms with Crippen LogP contribution in [-0.2, 0) is 0 Å². The predicted molar refractivity (Wildman–Crippen MR) is 85.8 cm³/mol. The van der Waals surface area contributed by atoms with Crippen LogP contribution in [0.4, 0.5) is 5.82 Å². The Kier molecular flexibility index (Phi) is 4.83. The highest BCUT2D eigenvalue weighted by molar-refractivity contribution is 5.83. The topological polar surface area (TPSA) is 34.2 Å². The van der Waals surface area contributed by atoms with Crippen LogP contribution in [0.25, 0.3) is 10.9 Å². The SMILES string of the molecule is CCCNc1nc2ccc(OCC)cc2cc1C(C)C. The molecule has 1 aromatic heterocycles. The van der Waals surface area contributed by atoms with Crippen LogP contribution in [0, 0.1) is 0 Å². The molecule has 0 aliphatic heterocycles. The highest BCUT2D eigenvalue weighted by Crippen LogP contribution is 2.28. The normalized spacial score (nSPS) is 11.1. The Morgan fingerprint density at radius 1 is 1.20 bits per heavy atom. The number of hydrogen-bond acceptors (Lipinski definition) is 3. The minimum absolute atomic E-state index is 0.446. The maximum absolute atomic E-state index is 5.57. The van der Waals surface area contributed by atoms with Crippen molar-refractivity contribution in [3.05, 3.63) is 29.8 Å². The molecule has 0 fully saturated rings. The van der Waals surface area contributed by atoms with Crippen molar-refractivity contribution in [3.8, 4) is 5.75 Å². The lowest BCUT2D eigenvalue weighted by molar-refractivity contribution is 0.340. The molecule has 3 heteroatoms. The van der Waals surface area contributed by atoms with Crippen LogP contribution in [0.3, 0.4) is 0 Å². The van der Waals surface area contributed by atoms with Gasteiger partial charge in [-0.1, -0.05) is 20.8 Å². The fourth-order valence-electron chi connectivity index (χ4n) is 2.25. The average Bonchev–Trinajstić information content (AvgIpc) is 2.44. The Balaban J connectivity index is 2.47. The van der Waals surface area contributed by atoms with Gasteiger partial charge in [0.05, 0.1) is 12.1 Å². The Morgan fingerprint density at radius 2 is 2.00 bits per heavy atom. The number of hydrogen-bond donors (Lipinski definition) is 1. The lowest BCUT2D eigenvalue weighted by Gasteiger charge is -2.15. The van der Waals surface area contributed by atoms with E-state index in [1.807, 2.05) is 19.1 Å². The van der Waals surface area contributed by atoms with E-state index in [9.17, 15) is 0 Å². The summed E-state index contributed by atoms with van der Waals surface area (Å²) in [5, 5.41) is 4.57. The molecule has 2 rings (SSSR count). The van der Waals surface area contributed by atoms with Gasteiger partial charge in [0, 0.05) is 11.9 Å². The molecule has 0 saturated heterocycles. The second-order valence-electron chi connectivity index (χ2n) is 5.30. The van der Waals surface area contributed by atoms with Gasteiger partial charge in [-0.25, -0.2) is 4.98 Å². The molecule has 0 unspecified atom stereocenters. The molecule has 20 heavy (non-hydrogen) atoms. The largest absolute Gasteiger partial charge is 0.494 e. The van der Waals surface area contributed by atoms with Crippen molar-refractivity contribution in [2.75, 3.05) is 18.5 Å². The lowest BCUT2D eigenvalue weighted by Crippen LogP contribution is -2.06. The maximum atomic E-state index is 5.57. The zero-order valence-corrected chi connectivity index (χ0v) is 12.9. The van der Waals surface area contributed by atoms with Crippen molar-refractivity contribution in [2.24, 2.45) is 0 Å². The number of rotatable bonds is 6. The van der Waals surface area contributed by atoms with Gasteiger partial charge in [0.25, 0.3) is 0 Å². The second-order valence-corrected chi connectivity index (χ2v) is 5.30. The summed E-state index contributed by atoms with van der Waals surface area (Å²) < 4.78 is 5.57. The molecular weight excluding hydrogens is 248 g/mol. The molecule has 1 heterocycles. The quantitative estimate of drug-likeness (QED) is 0.835. The van der Waals surface area contributed by atoms with Gasteiger partial charge in [0.1, 0.15) is 11.6 Å². The summed E-state index contributed by atoms with van der Waals surface area (Å²) in [5.41, 5.74) is 2.27. The molecule has 0 aliphatic carbocycles. The molecule has 1 aromatic carbocycles. The zero-order valence-electron chi connectivity index (χ0n) is 12.9. The van der Waals surface area contributed by atoms with Crippen LogP contribution in [0.2, 0.25) is 0 Å². The smallest absolute Gasteiger partial charge is 0.130 e. The monoisotopic (exact) mass is 272 g/mol. The minimum Gasteiger partial charge on any atom is -0.494 e. The highest BCUT2D eigenvalue weighted by atomic mass is 16.5. The first-order valence-corrected chi connectivity index (χ1v) is 7.47. The molecule has 0 atom stereocenters. The maximum Gasteiger partial charge on any atom is 0.130 e. The van der Waals surface area contributed by atoms with Crippen molar-refractivity contribution < 1.29 is 4.74 Å². The molecule has 0 radical (unpaired) electrons. The standard InChI is InChI=1S/C17H24N2O/c1-5-9-18-17-15(12(3)4)11-13-10-14(20-6-2)7-8-16(13)19-17/h7-8,10-12H,5-6,9H2,1-4H3,(H,18,19). The van der Waals surface area contributed by atoms with Crippen LogP contribution < -0.4 is 10.1 Å². The van der Waals surface area contributed by atoms with Crippen molar-refractivity contribution in [2.45, 2.75) is 40.0 Å². The highest BCUT2D eigenvalue weighted by Gasteiger charge is 2.10. The number of benzene rings is 1. The summed E-state index contributed by atoms with van der Waals surface area (Å²) >= 11 is 0. The van der Waals surface area contributed by atoms with Gasteiger partial charge in [-0.05, 0) is 49.1 Å². The zero-order chi connectivity index (χ0) is 14.5. The number of fused-ring (bicyclic) bond motifs is 1. The lowest BCUT2D eigenvalue weighted by atomic mass is 10.0. The number of aromatic nitrogens is 1. The van der Waals surface area contributed by atoms with Gasteiger partial charge >= 0.3 is 0 Å². The summed E-state index contributed by atoms with van der Waals surface area (Å²) in [6.45, 7) is 10.2. The third-order valence-electron chi connectivity index (χ3n) is 3.29. The van der Waals surface area contributed by atoms with Crippen LogP contribution >= 0.6 is 0 Å². The van der Waals surface area contributed by atoms with Gasteiger partial charge in [0.2, 0.25) is 0 Å². The Labute approximate surface area is 121 Å². The van der Waals surface area contributed by atoms with Crippen LogP contribution in [0.5, 0.6) is 5.75 Å². The Bertz CT molecular complexity index is 578. The summed E-state index contributed by atoms with van der Waals surface area (Å²) in [7, 11) is 0. The molecule has 0 aliphatic rings. The van der Waals surface area contributed by atoms with Crippen molar-refractivity contribution in [1.82, 2.24) is 4.98 Å². The molecule has 0 saturated carbocycles. The molecule has 3 nitrogen and oxygen atoms in total. The molecule has 2 aromatic rings. The molecule has 0 amide bonds. The first kappa shape index (κ1) is 14.6. The van der Waals surface area contributed by atoms with Crippen LogP contribution in [0.1, 0.15) is 45.6 Å². The fraction of sp³-hybridized carbons (Fsp3) is 0.471.